The Bertz CT molecular complexity index is 1230. The van der Waals surface area contributed by atoms with E-state index in [0.29, 0.717) is 12.2 Å². The van der Waals surface area contributed by atoms with Crippen molar-refractivity contribution in [2.75, 3.05) is 6.61 Å². The lowest BCUT2D eigenvalue weighted by atomic mass is 10.1. The Labute approximate surface area is 170 Å². The maximum absolute atomic E-state index is 12.8. The van der Waals surface area contributed by atoms with Crippen LogP contribution >= 0.6 is 11.6 Å². The largest absolute Gasteiger partial charge is 0.462 e. The average Bonchev–Trinajstić information content (AvgIpc) is 3.22. The molecule has 0 aliphatic carbocycles. The van der Waals surface area contributed by atoms with Gasteiger partial charge in [0.15, 0.2) is 0 Å². The molecule has 0 bridgehead atoms. The lowest BCUT2D eigenvalue weighted by Crippen LogP contribution is -2.21. The lowest BCUT2D eigenvalue weighted by Gasteiger charge is -2.13. The van der Waals surface area contributed by atoms with Gasteiger partial charge in [-0.1, -0.05) is 23.7 Å². The first kappa shape index (κ1) is 18.8. The highest BCUT2D eigenvalue weighted by atomic mass is 35.5. The second-order valence-corrected chi connectivity index (χ2v) is 6.61. The van der Waals surface area contributed by atoms with E-state index >= 15 is 0 Å². The maximum Gasteiger partial charge on any atom is 0.343 e. The van der Waals surface area contributed by atoms with Crippen LogP contribution in [0.25, 0.3) is 16.7 Å². The standard InChI is InChI=1S/C20H16ClN5O3/c1-2-29-20(28)16-10-26(19-15(18(16)27)7-8-17(21)24-19)14-5-3-13(4-6-14)9-25-12-22-11-23-25/h3-8,10-12H,2,9H2,1H3. The molecule has 0 saturated carbocycles. The molecular formula is C20H16ClN5O3. The topological polar surface area (TPSA) is 91.9 Å². The number of aromatic nitrogens is 5. The van der Waals surface area contributed by atoms with Crippen LogP contribution in [0.2, 0.25) is 5.15 Å². The van der Waals surface area contributed by atoms with Crippen LogP contribution in [0.5, 0.6) is 0 Å². The van der Waals surface area contributed by atoms with Gasteiger partial charge >= 0.3 is 5.97 Å². The van der Waals surface area contributed by atoms with E-state index in [-0.39, 0.29) is 22.7 Å². The minimum Gasteiger partial charge on any atom is -0.462 e. The van der Waals surface area contributed by atoms with Crippen LogP contribution < -0.4 is 5.43 Å². The number of benzene rings is 1. The summed E-state index contributed by atoms with van der Waals surface area (Å²) in [5.41, 5.74) is 1.59. The monoisotopic (exact) mass is 409 g/mol. The van der Waals surface area contributed by atoms with E-state index in [2.05, 4.69) is 15.1 Å². The van der Waals surface area contributed by atoms with Crippen molar-refractivity contribution < 1.29 is 9.53 Å². The Morgan fingerprint density at radius 2 is 1.97 bits per heavy atom. The lowest BCUT2D eigenvalue weighted by molar-refractivity contribution is 0.0524. The smallest absolute Gasteiger partial charge is 0.343 e. The number of carbonyl (C=O) groups excluding carboxylic acids is 1. The number of halogens is 1. The van der Waals surface area contributed by atoms with E-state index in [4.69, 9.17) is 16.3 Å². The molecule has 3 heterocycles. The first-order valence-corrected chi connectivity index (χ1v) is 9.25. The number of pyridine rings is 2. The Balaban J connectivity index is 1.83. The van der Waals surface area contributed by atoms with Gasteiger partial charge in [-0.25, -0.2) is 19.4 Å². The molecular weight excluding hydrogens is 394 g/mol. The third-order valence-electron chi connectivity index (χ3n) is 4.34. The third kappa shape index (κ3) is 3.74. The van der Waals surface area contributed by atoms with Gasteiger partial charge in [-0.3, -0.25) is 4.79 Å². The number of esters is 1. The number of rotatable bonds is 5. The highest BCUT2D eigenvalue weighted by Crippen LogP contribution is 2.19. The van der Waals surface area contributed by atoms with Gasteiger partial charge in [0.2, 0.25) is 5.43 Å². The van der Waals surface area contributed by atoms with Crippen molar-refractivity contribution >= 4 is 28.6 Å². The summed E-state index contributed by atoms with van der Waals surface area (Å²) in [6.07, 6.45) is 4.56. The summed E-state index contributed by atoms with van der Waals surface area (Å²) in [5, 5.41) is 4.62. The molecule has 0 spiro atoms. The SMILES string of the molecule is CCOC(=O)c1cn(-c2ccc(Cn3cncn3)cc2)c2nc(Cl)ccc2c1=O. The molecule has 0 fully saturated rings. The molecule has 0 saturated heterocycles. The molecule has 4 rings (SSSR count). The molecule has 3 aromatic heterocycles. The van der Waals surface area contributed by atoms with Crippen molar-refractivity contribution in [3.63, 3.8) is 0 Å². The quantitative estimate of drug-likeness (QED) is 0.372. The Kier molecular flexibility index (Phi) is 5.09. The van der Waals surface area contributed by atoms with Crippen molar-refractivity contribution in [2.45, 2.75) is 13.5 Å². The molecule has 0 radical (unpaired) electrons. The molecule has 0 aliphatic rings. The summed E-state index contributed by atoms with van der Waals surface area (Å²) < 4.78 is 8.41. The summed E-state index contributed by atoms with van der Waals surface area (Å²) in [7, 11) is 0. The summed E-state index contributed by atoms with van der Waals surface area (Å²) in [6.45, 7) is 2.43. The van der Waals surface area contributed by atoms with E-state index < -0.39 is 11.4 Å². The van der Waals surface area contributed by atoms with Gasteiger partial charge in [-0.2, -0.15) is 5.10 Å². The van der Waals surface area contributed by atoms with Crippen LogP contribution in [-0.4, -0.2) is 36.9 Å². The van der Waals surface area contributed by atoms with Gasteiger partial charge in [0.1, 0.15) is 29.0 Å². The molecule has 8 nitrogen and oxygen atoms in total. The zero-order chi connectivity index (χ0) is 20.4. The predicted molar refractivity (Wildman–Crippen MR) is 107 cm³/mol. The fourth-order valence-electron chi connectivity index (χ4n) is 2.99. The highest BCUT2D eigenvalue weighted by molar-refractivity contribution is 6.29. The van der Waals surface area contributed by atoms with Crippen molar-refractivity contribution in [3.8, 4) is 5.69 Å². The van der Waals surface area contributed by atoms with Gasteiger partial charge in [-0.15, -0.1) is 0 Å². The van der Waals surface area contributed by atoms with Crippen LogP contribution in [-0.2, 0) is 11.3 Å². The predicted octanol–water partition coefficient (Wildman–Crippen LogP) is 2.86. The van der Waals surface area contributed by atoms with Crippen molar-refractivity contribution in [2.24, 2.45) is 0 Å². The first-order valence-electron chi connectivity index (χ1n) is 8.87. The maximum atomic E-state index is 12.8. The number of hydrogen-bond donors (Lipinski definition) is 0. The summed E-state index contributed by atoms with van der Waals surface area (Å²) >= 11 is 6.05. The molecule has 9 heteroatoms. The van der Waals surface area contributed by atoms with Crippen LogP contribution in [0, 0.1) is 0 Å². The van der Waals surface area contributed by atoms with E-state index in [1.807, 2.05) is 24.3 Å². The van der Waals surface area contributed by atoms with E-state index in [9.17, 15) is 9.59 Å². The summed E-state index contributed by atoms with van der Waals surface area (Å²) in [5.74, 6) is -0.675. The van der Waals surface area contributed by atoms with Crippen LogP contribution in [0.1, 0.15) is 22.8 Å². The van der Waals surface area contributed by atoms with Gasteiger partial charge in [0.05, 0.1) is 18.5 Å². The van der Waals surface area contributed by atoms with E-state index in [0.717, 1.165) is 11.3 Å². The molecule has 0 N–H and O–H groups in total. The van der Waals surface area contributed by atoms with Crippen LogP contribution in [0.3, 0.4) is 0 Å². The molecule has 29 heavy (non-hydrogen) atoms. The minimum absolute atomic E-state index is 0.0600. The second kappa shape index (κ2) is 7.84. The molecule has 1 aromatic carbocycles. The van der Waals surface area contributed by atoms with Gasteiger partial charge in [0, 0.05) is 11.9 Å². The highest BCUT2D eigenvalue weighted by Gasteiger charge is 2.18. The van der Waals surface area contributed by atoms with Crippen LogP contribution in [0.15, 0.2) is 60.0 Å². The zero-order valence-electron chi connectivity index (χ0n) is 15.4. The van der Waals surface area contributed by atoms with E-state index in [1.54, 1.807) is 28.6 Å². The minimum atomic E-state index is -0.675. The fourth-order valence-corrected chi connectivity index (χ4v) is 3.14. The number of ether oxygens (including phenoxy) is 1. The Morgan fingerprint density at radius 3 is 2.66 bits per heavy atom. The molecule has 0 atom stereocenters. The molecule has 0 aliphatic heterocycles. The van der Waals surface area contributed by atoms with Gasteiger partial charge in [-0.05, 0) is 36.8 Å². The third-order valence-corrected chi connectivity index (χ3v) is 4.55. The number of carbonyl (C=O) groups is 1. The second-order valence-electron chi connectivity index (χ2n) is 6.23. The first-order chi connectivity index (χ1) is 14.1. The molecule has 146 valence electrons. The summed E-state index contributed by atoms with van der Waals surface area (Å²) in [4.78, 5) is 33.3. The van der Waals surface area contributed by atoms with Crippen molar-refractivity contribution in [1.82, 2.24) is 24.3 Å². The average molecular weight is 410 g/mol. The van der Waals surface area contributed by atoms with Crippen molar-refractivity contribution in [3.05, 3.63) is 81.8 Å². The Hall–Kier alpha value is -3.52. The molecule has 0 amide bonds. The molecule has 4 aromatic rings. The summed E-state index contributed by atoms with van der Waals surface area (Å²) in [6, 6.07) is 10.7. The van der Waals surface area contributed by atoms with Gasteiger partial charge < -0.3 is 9.30 Å². The Morgan fingerprint density at radius 1 is 1.17 bits per heavy atom. The van der Waals surface area contributed by atoms with Crippen LogP contribution in [0.4, 0.5) is 0 Å². The fraction of sp³-hybridized carbons (Fsp3) is 0.150. The van der Waals surface area contributed by atoms with E-state index in [1.165, 1.54) is 18.6 Å². The van der Waals surface area contributed by atoms with Crippen molar-refractivity contribution in [1.29, 1.82) is 0 Å². The zero-order valence-corrected chi connectivity index (χ0v) is 16.2. The molecule has 0 unspecified atom stereocenters. The number of hydrogen-bond acceptors (Lipinski definition) is 6. The number of nitrogens with zero attached hydrogens (tertiary/aromatic N) is 5. The number of fused-ring (bicyclic) bond motifs is 1. The normalized spacial score (nSPS) is 11.0. The van der Waals surface area contributed by atoms with Gasteiger partial charge in [0.25, 0.3) is 0 Å².